The van der Waals surface area contributed by atoms with Gasteiger partial charge in [-0.2, -0.15) is 0 Å². The summed E-state index contributed by atoms with van der Waals surface area (Å²) in [6.45, 7) is 5.66. The topological polar surface area (TPSA) is 47.6 Å². The van der Waals surface area contributed by atoms with E-state index in [9.17, 15) is 4.79 Å². The number of ether oxygens (including phenoxy) is 2. The molecule has 1 N–H and O–H groups in total. The van der Waals surface area contributed by atoms with Crippen molar-refractivity contribution in [2.45, 2.75) is 13.8 Å². The zero-order valence-electron chi connectivity index (χ0n) is 10.2. The van der Waals surface area contributed by atoms with Crippen molar-refractivity contribution in [3.05, 3.63) is 23.8 Å². The van der Waals surface area contributed by atoms with Crippen LogP contribution in [0.1, 0.15) is 24.2 Å². The summed E-state index contributed by atoms with van der Waals surface area (Å²) in [6, 6.07) is 5.28. The highest BCUT2D eigenvalue weighted by molar-refractivity contribution is 5.98. The van der Waals surface area contributed by atoms with Crippen molar-refractivity contribution in [3.63, 3.8) is 0 Å². The fraction of sp³-hybridized carbons (Fsp3) is 0.462. The predicted octanol–water partition coefficient (Wildman–Crippen LogP) is 1.84. The SMILES string of the molecule is CC(C)CNCC(=O)c1ccc2c(c1)OCO2. The van der Waals surface area contributed by atoms with Crippen molar-refractivity contribution < 1.29 is 14.3 Å². The molecule has 0 aliphatic carbocycles. The zero-order valence-corrected chi connectivity index (χ0v) is 10.2. The molecular formula is C13H17NO3. The van der Waals surface area contributed by atoms with E-state index in [1.54, 1.807) is 18.2 Å². The first-order valence-corrected chi connectivity index (χ1v) is 5.80. The largest absolute Gasteiger partial charge is 0.454 e. The Labute approximate surface area is 101 Å². The van der Waals surface area contributed by atoms with Gasteiger partial charge in [0.1, 0.15) is 0 Å². The van der Waals surface area contributed by atoms with Crippen molar-refractivity contribution >= 4 is 5.78 Å². The summed E-state index contributed by atoms with van der Waals surface area (Å²) < 4.78 is 10.4. The zero-order chi connectivity index (χ0) is 12.3. The van der Waals surface area contributed by atoms with E-state index in [1.807, 2.05) is 0 Å². The molecule has 0 unspecified atom stereocenters. The minimum atomic E-state index is 0.0731. The Balaban J connectivity index is 1.95. The van der Waals surface area contributed by atoms with Gasteiger partial charge in [-0.1, -0.05) is 13.8 Å². The van der Waals surface area contributed by atoms with E-state index in [-0.39, 0.29) is 12.6 Å². The molecule has 0 spiro atoms. The van der Waals surface area contributed by atoms with Crippen LogP contribution >= 0.6 is 0 Å². The first-order valence-electron chi connectivity index (χ1n) is 5.80. The molecule has 0 saturated heterocycles. The molecule has 92 valence electrons. The Morgan fingerprint density at radius 3 is 2.88 bits per heavy atom. The smallest absolute Gasteiger partial charge is 0.231 e. The molecular weight excluding hydrogens is 218 g/mol. The molecule has 0 bridgehead atoms. The fourth-order valence-corrected chi connectivity index (χ4v) is 1.65. The fourth-order valence-electron chi connectivity index (χ4n) is 1.65. The molecule has 17 heavy (non-hydrogen) atoms. The first-order chi connectivity index (χ1) is 8.16. The van der Waals surface area contributed by atoms with Crippen LogP contribution in [0.2, 0.25) is 0 Å². The van der Waals surface area contributed by atoms with Crippen molar-refractivity contribution in [1.82, 2.24) is 5.32 Å². The minimum absolute atomic E-state index is 0.0731. The van der Waals surface area contributed by atoms with E-state index in [0.717, 1.165) is 6.54 Å². The quantitative estimate of drug-likeness (QED) is 0.791. The Morgan fingerprint density at radius 2 is 2.12 bits per heavy atom. The van der Waals surface area contributed by atoms with E-state index in [0.29, 0.717) is 29.5 Å². The van der Waals surface area contributed by atoms with Gasteiger partial charge in [-0.25, -0.2) is 0 Å². The molecule has 1 aliphatic heterocycles. The third-order valence-corrected chi connectivity index (χ3v) is 2.53. The molecule has 1 aromatic carbocycles. The van der Waals surface area contributed by atoms with E-state index in [2.05, 4.69) is 19.2 Å². The molecule has 0 fully saturated rings. The van der Waals surface area contributed by atoms with Crippen molar-refractivity contribution in [2.24, 2.45) is 5.92 Å². The highest BCUT2D eigenvalue weighted by atomic mass is 16.7. The number of fused-ring (bicyclic) bond motifs is 1. The molecule has 0 amide bonds. The summed E-state index contributed by atoms with van der Waals surface area (Å²) in [5.41, 5.74) is 0.658. The van der Waals surface area contributed by atoms with Crippen LogP contribution < -0.4 is 14.8 Å². The van der Waals surface area contributed by atoms with Crippen LogP contribution in [-0.4, -0.2) is 25.7 Å². The van der Waals surface area contributed by atoms with Crippen LogP contribution in [0.5, 0.6) is 11.5 Å². The van der Waals surface area contributed by atoms with Crippen LogP contribution in [-0.2, 0) is 0 Å². The highest BCUT2D eigenvalue weighted by Crippen LogP contribution is 2.32. The number of rotatable bonds is 5. The van der Waals surface area contributed by atoms with Gasteiger partial charge in [0.15, 0.2) is 17.3 Å². The van der Waals surface area contributed by atoms with Crippen LogP contribution in [0.15, 0.2) is 18.2 Å². The Bertz CT molecular complexity index is 415. The average Bonchev–Trinajstić information content (AvgIpc) is 2.75. The third-order valence-electron chi connectivity index (χ3n) is 2.53. The number of ketones is 1. The average molecular weight is 235 g/mol. The van der Waals surface area contributed by atoms with E-state index in [4.69, 9.17) is 9.47 Å². The lowest BCUT2D eigenvalue weighted by Gasteiger charge is -2.07. The molecule has 0 saturated carbocycles. The summed E-state index contributed by atoms with van der Waals surface area (Å²) >= 11 is 0. The molecule has 4 nitrogen and oxygen atoms in total. The van der Waals surface area contributed by atoms with Gasteiger partial charge in [0, 0.05) is 5.56 Å². The number of carbonyl (C=O) groups is 1. The number of Topliss-reactive ketones (excluding diaryl/α,β-unsaturated/α-hetero) is 1. The lowest BCUT2D eigenvalue weighted by atomic mass is 10.1. The van der Waals surface area contributed by atoms with Gasteiger partial charge in [-0.3, -0.25) is 4.79 Å². The van der Waals surface area contributed by atoms with Gasteiger partial charge >= 0.3 is 0 Å². The molecule has 0 aromatic heterocycles. The predicted molar refractivity (Wildman–Crippen MR) is 64.6 cm³/mol. The van der Waals surface area contributed by atoms with Crippen LogP contribution in [0.3, 0.4) is 0 Å². The molecule has 0 atom stereocenters. The lowest BCUT2D eigenvalue weighted by molar-refractivity contribution is 0.0990. The standard InChI is InChI=1S/C13H17NO3/c1-9(2)6-14-7-11(15)10-3-4-12-13(5-10)17-8-16-12/h3-5,9,14H,6-8H2,1-2H3. The molecule has 1 aromatic rings. The van der Waals surface area contributed by atoms with Crippen LogP contribution in [0.4, 0.5) is 0 Å². The van der Waals surface area contributed by atoms with E-state index >= 15 is 0 Å². The van der Waals surface area contributed by atoms with Gasteiger partial charge in [0.05, 0.1) is 6.54 Å². The number of hydrogen-bond donors (Lipinski definition) is 1. The van der Waals surface area contributed by atoms with Gasteiger partial charge in [-0.05, 0) is 30.7 Å². The van der Waals surface area contributed by atoms with Gasteiger partial charge < -0.3 is 14.8 Å². The molecule has 2 rings (SSSR count). The summed E-state index contributed by atoms with van der Waals surface area (Å²) in [5, 5.41) is 3.13. The maximum atomic E-state index is 11.9. The number of carbonyl (C=O) groups excluding carboxylic acids is 1. The van der Waals surface area contributed by atoms with Gasteiger partial charge in [0.25, 0.3) is 0 Å². The van der Waals surface area contributed by atoms with Gasteiger partial charge in [-0.15, -0.1) is 0 Å². The normalized spacial score (nSPS) is 13.1. The van der Waals surface area contributed by atoms with Crippen molar-refractivity contribution in [1.29, 1.82) is 0 Å². The summed E-state index contributed by atoms with van der Waals surface area (Å²) in [4.78, 5) is 11.9. The summed E-state index contributed by atoms with van der Waals surface area (Å²) in [7, 11) is 0. The van der Waals surface area contributed by atoms with E-state index < -0.39 is 0 Å². The molecule has 1 aliphatic rings. The monoisotopic (exact) mass is 235 g/mol. The molecule has 1 heterocycles. The number of hydrogen-bond acceptors (Lipinski definition) is 4. The molecule has 4 heteroatoms. The summed E-state index contributed by atoms with van der Waals surface area (Å²) in [6.07, 6.45) is 0. The Kier molecular flexibility index (Phi) is 3.64. The lowest BCUT2D eigenvalue weighted by Crippen LogP contribution is -2.26. The first kappa shape index (κ1) is 11.9. The Hall–Kier alpha value is -1.55. The Morgan fingerprint density at radius 1 is 1.35 bits per heavy atom. The van der Waals surface area contributed by atoms with Gasteiger partial charge in [0.2, 0.25) is 6.79 Å². The summed E-state index contributed by atoms with van der Waals surface area (Å²) in [5.74, 6) is 1.97. The minimum Gasteiger partial charge on any atom is -0.454 e. The third kappa shape index (κ3) is 2.97. The van der Waals surface area contributed by atoms with Crippen molar-refractivity contribution in [2.75, 3.05) is 19.9 Å². The highest BCUT2D eigenvalue weighted by Gasteiger charge is 2.15. The maximum Gasteiger partial charge on any atom is 0.231 e. The maximum absolute atomic E-state index is 11.9. The van der Waals surface area contributed by atoms with Crippen LogP contribution in [0, 0.1) is 5.92 Å². The number of nitrogens with one attached hydrogen (secondary N) is 1. The van der Waals surface area contributed by atoms with Crippen molar-refractivity contribution in [3.8, 4) is 11.5 Å². The second-order valence-electron chi connectivity index (χ2n) is 4.52. The van der Waals surface area contributed by atoms with Crippen LogP contribution in [0.25, 0.3) is 0 Å². The number of benzene rings is 1. The molecule has 0 radical (unpaired) electrons. The van der Waals surface area contributed by atoms with E-state index in [1.165, 1.54) is 0 Å². The second kappa shape index (κ2) is 5.19. The second-order valence-corrected chi connectivity index (χ2v) is 4.52.